The van der Waals surface area contributed by atoms with Crippen LogP contribution in [0.3, 0.4) is 0 Å². The molecular formula is C19H18ClN2O6-. The molecular weight excluding hydrogens is 388 g/mol. The van der Waals surface area contributed by atoms with Crippen molar-refractivity contribution in [3.8, 4) is 17.2 Å². The number of nitrogens with zero attached hydrogens (tertiary/aromatic N) is 1. The average Bonchev–Trinajstić information content (AvgIpc) is 2.69. The third-order valence-corrected chi connectivity index (χ3v) is 3.71. The molecule has 0 fully saturated rings. The van der Waals surface area contributed by atoms with Crippen molar-refractivity contribution in [2.24, 2.45) is 5.10 Å². The molecule has 0 bridgehead atoms. The quantitative estimate of drug-likeness (QED) is 0.499. The first kappa shape index (κ1) is 21.0. The molecule has 1 N–H and O–H groups in total. The van der Waals surface area contributed by atoms with Gasteiger partial charge in [0.15, 0.2) is 18.1 Å². The number of benzene rings is 2. The van der Waals surface area contributed by atoms with Gasteiger partial charge in [-0.25, -0.2) is 5.43 Å². The number of amides is 1. The standard InChI is InChI=1S/C19H19ClN2O6/c1-12(13-3-8-16(17(9-13)26-2)28-11-19(24)25)21-22-18(23)10-27-15-6-4-14(20)5-7-15/h3-9H,10-11H2,1-2H3,(H,22,23)(H,24,25)/p-1/b21-12-. The van der Waals surface area contributed by atoms with E-state index in [0.717, 1.165) is 0 Å². The van der Waals surface area contributed by atoms with E-state index >= 15 is 0 Å². The van der Waals surface area contributed by atoms with Gasteiger partial charge in [0.25, 0.3) is 5.91 Å². The molecule has 1 amide bonds. The van der Waals surface area contributed by atoms with Gasteiger partial charge in [0.05, 0.1) is 18.8 Å². The molecule has 0 saturated heterocycles. The summed E-state index contributed by atoms with van der Waals surface area (Å²) in [5, 5.41) is 15.1. The first-order valence-corrected chi connectivity index (χ1v) is 8.49. The van der Waals surface area contributed by atoms with E-state index in [9.17, 15) is 14.7 Å². The fraction of sp³-hybridized carbons (Fsp3) is 0.211. The van der Waals surface area contributed by atoms with Crippen LogP contribution in [0.15, 0.2) is 47.6 Å². The number of carbonyl (C=O) groups is 2. The van der Waals surface area contributed by atoms with Gasteiger partial charge in [0.1, 0.15) is 12.4 Å². The number of carboxylic acids is 1. The van der Waals surface area contributed by atoms with Crippen LogP contribution >= 0.6 is 11.6 Å². The van der Waals surface area contributed by atoms with E-state index in [1.165, 1.54) is 7.11 Å². The predicted molar refractivity (Wildman–Crippen MR) is 101 cm³/mol. The summed E-state index contributed by atoms with van der Waals surface area (Å²) in [4.78, 5) is 22.4. The molecule has 9 heteroatoms. The Morgan fingerprint density at radius 2 is 1.79 bits per heavy atom. The normalized spacial score (nSPS) is 10.9. The summed E-state index contributed by atoms with van der Waals surface area (Å²) < 4.78 is 15.6. The molecule has 0 aromatic heterocycles. The minimum Gasteiger partial charge on any atom is -0.546 e. The van der Waals surface area contributed by atoms with E-state index in [1.54, 1.807) is 49.4 Å². The third-order valence-electron chi connectivity index (χ3n) is 3.46. The molecule has 2 rings (SSSR count). The van der Waals surface area contributed by atoms with Crippen molar-refractivity contribution < 1.29 is 28.9 Å². The van der Waals surface area contributed by atoms with Gasteiger partial charge in [0.2, 0.25) is 0 Å². The number of halogens is 1. The molecule has 0 radical (unpaired) electrons. The Balaban J connectivity index is 1.95. The number of rotatable bonds is 9. The first-order valence-electron chi connectivity index (χ1n) is 8.11. The number of ether oxygens (including phenoxy) is 3. The van der Waals surface area contributed by atoms with Gasteiger partial charge in [-0.05, 0) is 49.4 Å². The minimum atomic E-state index is -1.34. The van der Waals surface area contributed by atoms with Crippen LogP contribution in [0.1, 0.15) is 12.5 Å². The summed E-state index contributed by atoms with van der Waals surface area (Å²) in [5.74, 6) is -0.686. The summed E-state index contributed by atoms with van der Waals surface area (Å²) in [6.07, 6.45) is 0. The Morgan fingerprint density at radius 3 is 2.43 bits per heavy atom. The molecule has 28 heavy (non-hydrogen) atoms. The van der Waals surface area contributed by atoms with Crippen molar-refractivity contribution in [3.63, 3.8) is 0 Å². The number of hydrogen-bond donors (Lipinski definition) is 1. The zero-order valence-electron chi connectivity index (χ0n) is 15.2. The molecule has 148 valence electrons. The molecule has 8 nitrogen and oxygen atoms in total. The Morgan fingerprint density at radius 1 is 1.07 bits per heavy atom. The number of hydrogen-bond acceptors (Lipinski definition) is 7. The maximum absolute atomic E-state index is 11.9. The zero-order valence-corrected chi connectivity index (χ0v) is 16.0. The summed E-state index contributed by atoms with van der Waals surface area (Å²) in [7, 11) is 1.42. The topological polar surface area (TPSA) is 109 Å². The van der Waals surface area contributed by atoms with Gasteiger partial charge in [-0.2, -0.15) is 5.10 Å². The summed E-state index contributed by atoms with van der Waals surface area (Å²) in [6, 6.07) is 11.4. The Labute approximate surface area is 166 Å². The maximum Gasteiger partial charge on any atom is 0.277 e. The second-order valence-electron chi connectivity index (χ2n) is 5.50. The van der Waals surface area contributed by atoms with Crippen LogP contribution in [0.2, 0.25) is 5.02 Å². The van der Waals surface area contributed by atoms with Gasteiger partial charge in [-0.15, -0.1) is 0 Å². The van der Waals surface area contributed by atoms with Crippen LogP contribution in [0, 0.1) is 0 Å². The maximum atomic E-state index is 11.9. The SMILES string of the molecule is COc1cc(/C(C)=N\NC(=O)COc2ccc(Cl)cc2)ccc1OCC(=O)[O-]. The molecule has 0 spiro atoms. The largest absolute Gasteiger partial charge is 0.546 e. The van der Waals surface area contributed by atoms with Crippen molar-refractivity contribution in [1.29, 1.82) is 0 Å². The van der Waals surface area contributed by atoms with E-state index in [-0.39, 0.29) is 12.4 Å². The molecule has 2 aromatic carbocycles. The number of hydrazone groups is 1. The van der Waals surface area contributed by atoms with Gasteiger partial charge in [-0.1, -0.05) is 11.6 Å². The van der Waals surface area contributed by atoms with Crippen molar-refractivity contribution in [3.05, 3.63) is 53.1 Å². The van der Waals surface area contributed by atoms with Crippen LogP contribution in [-0.2, 0) is 9.59 Å². The first-order chi connectivity index (χ1) is 13.4. The highest BCUT2D eigenvalue weighted by Crippen LogP contribution is 2.28. The van der Waals surface area contributed by atoms with Gasteiger partial charge < -0.3 is 24.1 Å². The molecule has 0 aliphatic rings. The van der Waals surface area contributed by atoms with E-state index in [1.807, 2.05) is 0 Å². The average molecular weight is 406 g/mol. The Kier molecular flexibility index (Phi) is 7.65. The highest BCUT2D eigenvalue weighted by atomic mass is 35.5. The number of methoxy groups -OCH3 is 1. The molecule has 0 aliphatic heterocycles. The summed E-state index contributed by atoms with van der Waals surface area (Å²) >= 11 is 5.78. The second kappa shape index (κ2) is 10.2. The van der Waals surface area contributed by atoms with Gasteiger partial charge in [0, 0.05) is 10.6 Å². The highest BCUT2D eigenvalue weighted by Gasteiger charge is 2.09. The van der Waals surface area contributed by atoms with E-state index in [0.29, 0.717) is 27.8 Å². The van der Waals surface area contributed by atoms with E-state index in [2.05, 4.69) is 10.5 Å². The molecule has 0 saturated carbocycles. The lowest BCUT2D eigenvalue weighted by molar-refractivity contribution is -0.307. The Bertz CT molecular complexity index is 867. The minimum absolute atomic E-state index is 0.211. The Hall–Kier alpha value is -3.26. The third kappa shape index (κ3) is 6.48. The molecule has 0 unspecified atom stereocenters. The predicted octanol–water partition coefficient (Wildman–Crippen LogP) is 1.40. The number of aliphatic carboxylic acids is 1. The smallest absolute Gasteiger partial charge is 0.277 e. The highest BCUT2D eigenvalue weighted by molar-refractivity contribution is 6.30. The molecule has 0 atom stereocenters. The lowest BCUT2D eigenvalue weighted by Crippen LogP contribution is -2.29. The molecule has 0 heterocycles. The number of carboxylic acid groups (broad SMARTS) is 1. The summed E-state index contributed by atoms with van der Waals surface area (Å²) in [6.45, 7) is 0.890. The fourth-order valence-electron chi connectivity index (χ4n) is 2.07. The van der Waals surface area contributed by atoms with Crippen molar-refractivity contribution in [1.82, 2.24) is 5.43 Å². The van der Waals surface area contributed by atoms with E-state index in [4.69, 9.17) is 25.8 Å². The van der Waals surface area contributed by atoms with Crippen LogP contribution in [0.5, 0.6) is 17.2 Å². The van der Waals surface area contributed by atoms with Crippen LogP contribution in [-0.4, -0.2) is 37.9 Å². The van der Waals surface area contributed by atoms with Crippen LogP contribution in [0.4, 0.5) is 0 Å². The van der Waals surface area contributed by atoms with Crippen molar-refractivity contribution in [2.45, 2.75) is 6.92 Å². The van der Waals surface area contributed by atoms with Crippen LogP contribution < -0.4 is 24.7 Å². The zero-order chi connectivity index (χ0) is 20.5. The van der Waals surface area contributed by atoms with Crippen molar-refractivity contribution >= 4 is 29.2 Å². The summed E-state index contributed by atoms with van der Waals surface area (Å²) in [5.41, 5.74) is 3.55. The molecule has 0 aliphatic carbocycles. The van der Waals surface area contributed by atoms with Gasteiger partial charge in [-0.3, -0.25) is 4.79 Å². The molecule has 2 aromatic rings. The number of carbonyl (C=O) groups excluding carboxylic acids is 2. The number of nitrogens with one attached hydrogen (secondary N) is 1. The second-order valence-corrected chi connectivity index (χ2v) is 5.94. The lowest BCUT2D eigenvalue weighted by Gasteiger charge is -2.12. The van der Waals surface area contributed by atoms with Crippen LogP contribution in [0.25, 0.3) is 0 Å². The fourth-order valence-corrected chi connectivity index (χ4v) is 2.20. The van der Waals surface area contributed by atoms with Crippen molar-refractivity contribution in [2.75, 3.05) is 20.3 Å². The van der Waals surface area contributed by atoms with Gasteiger partial charge >= 0.3 is 0 Å². The van der Waals surface area contributed by atoms with E-state index < -0.39 is 18.5 Å². The monoisotopic (exact) mass is 405 g/mol. The lowest BCUT2D eigenvalue weighted by atomic mass is 10.1.